The van der Waals surface area contributed by atoms with Crippen LogP contribution >= 0.6 is 0 Å². The molecule has 1 aromatic heterocycles. The molecule has 2 aromatic rings. The molecule has 0 radical (unpaired) electrons. The lowest BCUT2D eigenvalue weighted by molar-refractivity contribution is 0.0490. The van der Waals surface area contributed by atoms with Crippen LogP contribution in [0.1, 0.15) is 41.4 Å². The molecule has 28 heavy (non-hydrogen) atoms. The van der Waals surface area contributed by atoms with Crippen LogP contribution in [0.3, 0.4) is 0 Å². The van der Waals surface area contributed by atoms with E-state index in [0.29, 0.717) is 25.3 Å². The summed E-state index contributed by atoms with van der Waals surface area (Å²) < 4.78 is 18.9. The number of ether oxygens (including phenoxy) is 1. The topological polar surface area (TPSA) is 42.4 Å². The zero-order chi connectivity index (χ0) is 20.0. The molecule has 0 bridgehead atoms. The summed E-state index contributed by atoms with van der Waals surface area (Å²) >= 11 is 0. The van der Waals surface area contributed by atoms with Crippen LogP contribution in [-0.2, 0) is 11.2 Å². The molecule has 2 heterocycles. The molecule has 1 aliphatic heterocycles. The number of nitrogens with zero attached hydrogens (tertiary/aromatic N) is 2. The summed E-state index contributed by atoms with van der Waals surface area (Å²) in [5, 5.41) is 0. The van der Waals surface area contributed by atoms with Crippen molar-refractivity contribution >= 4 is 5.78 Å². The molecular formula is C23H29FN2O2. The Kier molecular flexibility index (Phi) is 6.92. The first-order valence-corrected chi connectivity index (χ1v) is 10.0. The Morgan fingerprint density at radius 1 is 1.25 bits per heavy atom. The van der Waals surface area contributed by atoms with Crippen molar-refractivity contribution in [3.63, 3.8) is 0 Å². The quantitative estimate of drug-likeness (QED) is 0.611. The highest BCUT2D eigenvalue weighted by atomic mass is 19.1. The number of hydrogen-bond donors (Lipinski definition) is 0. The monoisotopic (exact) mass is 384 g/mol. The van der Waals surface area contributed by atoms with Gasteiger partial charge in [0.25, 0.3) is 0 Å². The van der Waals surface area contributed by atoms with Crippen LogP contribution in [0.5, 0.6) is 0 Å². The molecule has 0 aliphatic carbocycles. The van der Waals surface area contributed by atoms with E-state index in [1.165, 1.54) is 12.1 Å². The predicted octanol–water partition coefficient (Wildman–Crippen LogP) is 4.07. The summed E-state index contributed by atoms with van der Waals surface area (Å²) in [6.07, 6.45) is 4.52. The summed E-state index contributed by atoms with van der Waals surface area (Å²) in [6.45, 7) is 7.45. The van der Waals surface area contributed by atoms with E-state index in [4.69, 9.17) is 4.74 Å². The van der Waals surface area contributed by atoms with Crippen LogP contribution in [0.2, 0.25) is 0 Å². The first-order valence-electron chi connectivity index (χ1n) is 10.0. The molecule has 3 rings (SSSR count). The van der Waals surface area contributed by atoms with Crippen molar-refractivity contribution in [3.8, 4) is 0 Å². The Labute approximate surface area is 166 Å². The van der Waals surface area contributed by atoms with Gasteiger partial charge in [0.2, 0.25) is 0 Å². The van der Waals surface area contributed by atoms with E-state index in [2.05, 4.69) is 9.88 Å². The van der Waals surface area contributed by atoms with Crippen LogP contribution in [0.4, 0.5) is 4.39 Å². The van der Waals surface area contributed by atoms with Crippen molar-refractivity contribution in [2.75, 3.05) is 32.8 Å². The number of carbonyl (C=O) groups is 1. The molecular weight excluding hydrogens is 355 g/mol. The van der Waals surface area contributed by atoms with Crippen molar-refractivity contribution in [2.45, 2.75) is 33.1 Å². The molecule has 0 saturated carbocycles. The van der Waals surface area contributed by atoms with Gasteiger partial charge in [-0.15, -0.1) is 0 Å². The maximum absolute atomic E-state index is 13.1. The standard InChI is InChI=1S/C23H29FN2O2/c1-3-28-17-23(11-10-19-5-8-21(24)9-6-19)12-13-26(16-23)15-22(27)20-7-4-18(2)25-14-20/h4-9,14H,3,10-13,15-17H2,1-2H3/t23-/m0/s1. The zero-order valence-corrected chi connectivity index (χ0v) is 16.8. The van der Waals surface area contributed by atoms with Gasteiger partial charge in [-0.2, -0.15) is 0 Å². The van der Waals surface area contributed by atoms with Crippen LogP contribution in [0.15, 0.2) is 42.6 Å². The van der Waals surface area contributed by atoms with Gasteiger partial charge in [0.1, 0.15) is 5.82 Å². The van der Waals surface area contributed by atoms with E-state index in [9.17, 15) is 9.18 Å². The van der Waals surface area contributed by atoms with Gasteiger partial charge in [0.05, 0.1) is 13.2 Å². The average molecular weight is 384 g/mol. The molecule has 1 aliphatic rings. The van der Waals surface area contributed by atoms with Gasteiger partial charge < -0.3 is 4.74 Å². The second kappa shape index (κ2) is 9.39. The number of aromatic nitrogens is 1. The van der Waals surface area contributed by atoms with Gasteiger partial charge in [-0.05, 0) is 69.5 Å². The van der Waals surface area contributed by atoms with Gasteiger partial charge in [0.15, 0.2) is 5.78 Å². The van der Waals surface area contributed by atoms with Crippen molar-refractivity contribution in [1.29, 1.82) is 0 Å². The summed E-state index contributed by atoms with van der Waals surface area (Å²) in [7, 11) is 0. The lowest BCUT2D eigenvalue weighted by atomic mass is 9.82. The van der Waals surface area contributed by atoms with Gasteiger partial charge in [0, 0.05) is 36.0 Å². The maximum Gasteiger partial charge on any atom is 0.178 e. The fraction of sp³-hybridized carbons (Fsp3) is 0.478. The second-order valence-corrected chi connectivity index (χ2v) is 7.84. The fourth-order valence-electron chi connectivity index (χ4n) is 3.86. The molecule has 0 amide bonds. The van der Waals surface area contributed by atoms with Gasteiger partial charge >= 0.3 is 0 Å². The van der Waals surface area contributed by atoms with E-state index in [0.717, 1.165) is 43.6 Å². The largest absolute Gasteiger partial charge is 0.381 e. The van der Waals surface area contributed by atoms with E-state index in [-0.39, 0.29) is 17.0 Å². The van der Waals surface area contributed by atoms with Crippen LogP contribution < -0.4 is 0 Å². The fourth-order valence-corrected chi connectivity index (χ4v) is 3.86. The SMILES string of the molecule is CCOC[C@@]1(CCc2ccc(F)cc2)CCN(CC(=O)c2ccc(C)nc2)C1. The molecule has 150 valence electrons. The zero-order valence-electron chi connectivity index (χ0n) is 16.8. The molecule has 0 spiro atoms. The minimum absolute atomic E-state index is 0.0379. The van der Waals surface area contributed by atoms with Crippen molar-refractivity contribution in [3.05, 3.63) is 65.2 Å². The van der Waals surface area contributed by atoms with Gasteiger partial charge in [-0.1, -0.05) is 12.1 Å². The van der Waals surface area contributed by atoms with Crippen LogP contribution in [0, 0.1) is 18.2 Å². The summed E-state index contributed by atoms with van der Waals surface area (Å²) in [5.41, 5.74) is 2.75. The summed E-state index contributed by atoms with van der Waals surface area (Å²) in [4.78, 5) is 19.1. The van der Waals surface area contributed by atoms with E-state index in [1.807, 2.05) is 38.1 Å². The number of benzene rings is 1. The molecule has 5 heteroatoms. The molecule has 4 nitrogen and oxygen atoms in total. The first kappa shape index (κ1) is 20.6. The Hall–Kier alpha value is -2.11. The number of ketones is 1. The van der Waals surface area contributed by atoms with Crippen LogP contribution in [-0.4, -0.2) is 48.5 Å². The Morgan fingerprint density at radius 3 is 2.71 bits per heavy atom. The van der Waals surface area contributed by atoms with E-state index >= 15 is 0 Å². The smallest absolute Gasteiger partial charge is 0.178 e. The third-order valence-corrected chi connectivity index (χ3v) is 5.59. The highest BCUT2D eigenvalue weighted by Crippen LogP contribution is 2.36. The van der Waals surface area contributed by atoms with E-state index in [1.54, 1.807) is 6.20 Å². The maximum atomic E-state index is 13.1. The summed E-state index contributed by atoms with van der Waals surface area (Å²) in [5.74, 6) is -0.0952. The third-order valence-electron chi connectivity index (χ3n) is 5.59. The third kappa shape index (κ3) is 5.46. The number of likely N-dealkylation sites (tertiary alicyclic amines) is 1. The highest BCUT2D eigenvalue weighted by molar-refractivity contribution is 5.97. The molecule has 1 saturated heterocycles. The number of halogens is 1. The summed E-state index contributed by atoms with van der Waals surface area (Å²) in [6, 6.07) is 10.5. The predicted molar refractivity (Wildman–Crippen MR) is 108 cm³/mol. The van der Waals surface area contributed by atoms with Crippen molar-refractivity contribution in [1.82, 2.24) is 9.88 Å². The average Bonchev–Trinajstić information content (AvgIpc) is 3.09. The molecule has 1 atom stereocenters. The minimum atomic E-state index is -0.205. The number of aryl methyl sites for hydroxylation is 2. The Morgan fingerprint density at radius 2 is 2.04 bits per heavy atom. The van der Waals surface area contributed by atoms with Crippen molar-refractivity contribution in [2.24, 2.45) is 5.41 Å². The number of hydrogen-bond acceptors (Lipinski definition) is 4. The Bertz CT molecular complexity index is 776. The van der Waals surface area contributed by atoms with Crippen LogP contribution in [0.25, 0.3) is 0 Å². The number of carbonyl (C=O) groups excluding carboxylic acids is 1. The van der Waals surface area contributed by atoms with E-state index < -0.39 is 0 Å². The lowest BCUT2D eigenvalue weighted by Gasteiger charge is -2.29. The Balaban J connectivity index is 1.61. The van der Waals surface area contributed by atoms with Gasteiger partial charge in [-0.25, -0.2) is 4.39 Å². The number of pyridine rings is 1. The normalized spacial score (nSPS) is 19.8. The molecule has 1 aromatic carbocycles. The molecule has 0 unspecified atom stereocenters. The molecule has 0 N–H and O–H groups in total. The first-order chi connectivity index (χ1) is 13.5. The van der Waals surface area contributed by atoms with Gasteiger partial charge in [-0.3, -0.25) is 14.7 Å². The highest BCUT2D eigenvalue weighted by Gasteiger charge is 2.38. The molecule has 1 fully saturated rings. The number of rotatable bonds is 9. The lowest BCUT2D eigenvalue weighted by Crippen LogP contribution is -2.34. The van der Waals surface area contributed by atoms with Crippen molar-refractivity contribution < 1.29 is 13.9 Å². The number of Topliss-reactive ketones (excluding diaryl/α,β-unsaturated/α-hetero) is 1. The minimum Gasteiger partial charge on any atom is -0.381 e. The second-order valence-electron chi connectivity index (χ2n) is 7.84.